The van der Waals surface area contributed by atoms with E-state index in [9.17, 15) is 20.1 Å². The number of aliphatic hydroxyl groups excluding tert-OH is 3. The minimum absolute atomic E-state index is 0.00408. The SMILES string of the molecule is CCCCCCCCCCCCCCC/C=C/CC/C=C/CC/C=C/C(O)C(CO)NC(=O)CC(O)CCCCCCCCCCCCC. The van der Waals surface area contributed by atoms with Crippen molar-refractivity contribution >= 4 is 5.91 Å². The third-order valence-electron chi connectivity index (χ3n) is 9.66. The zero-order chi connectivity index (χ0) is 35.9. The highest BCUT2D eigenvalue weighted by atomic mass is 16.3. The molecule has 0 aliphatic rings. The third-order valence-corrected chi connectivity index (χ3v) is 9.66. The molecule has 0 aromatic carbocycles. The van der Waals surface area contributed by atoms with Crippen LogP contribution in [0.25, 0.3) is 0 Å². The molecule has 3 unspecified atom stereocenters. The van der Waals surface area contributed by atoms with E-state index in [4.69, 9.17) is 0 Å². The van der Waals surface area contributed by atoms with Crippen molar-refractivity contribution in [2.75, 3.05) is 6.61 Å². The van der Waals surface area contributed by atoms with Crippen molar-refractivity contribution in [1.82, 2.24) is 5.32 Å². The Balaban J connectivity index is 3.73. The van der Waals surface area contributed by atoms with E-state index in [1.165, 1.54) is 148 Å². The average Bonchev–Trinajstić information content (AvgIpc) is 3.09. The largest absolute Gasteiger partial charge is 0.394 e. The highest BCUT2D eigenvalue weighted by Gasteiger charge is 2.20. The van der Waals surface area contributed by atoms with Crippen LogP contribution < -0.4 is 5.32 Å². The zero-order valence-electron chi connectivity index (χ0n) is 32.6. The molecule has 0 rings (SSSR count). The molecule has 0 saturated carbocycles. The van der Waals surface area contributed by atoms with Crippen LogP contribution in [0.3, 0.4) is 0 Å². The lowest BCUT2D eigenvalue weighted by molar-refractivity contribution is -0.124. The summed E-state index contributed by atoms with van der Waals surface area (Å²) >= 11 is 0. The van der Waals surface area contributed by atoms with Crippen LogP contribution in [0, 0.1) is 0 Å². The highest BCUT2D eigenvalue weighted by molar-refractivity contribution is 5.76. The maximum absolute atomic E-state index is 12.4. The quantitative estimate of drug-likeness (QED) is 0.0384. The highest BCUT2D eigenvalue weighted by Crippen LogP contribution is 2.15. The van der Waals surface area contributed by atoms with Crippen LogP contribution >= 0.6 is 0 Å². The first-order valence-electron chi connectivity index (χ1n) is 21.3. The van der Waals surface area contributed by atoms with E-state index in [-0.39, 0.29) is 18.9 Å². The van der Waals surface area contributed by atoms with Crippen LogP contribution in [-0.4, -0.2) is 46.1 Å². The molecule has 3 atom stereocenters. The molecule has 4 N–H and O–H groups in total. The molecule has 0 aromatic rings. The maximum Gasteiger partial charge on any atom is 0.222 e. The van der Waals surface area contributed by atoms with E-state index in [1.807, 2.05) is 6.08 Å². The van der Waals surface area contributed by atoms with Crippen molar-refractivity contribution in [3.8, 4) is 0 Å². The Kier molecular flexibility index (Phi) is 38.2. The fraction of sp³-hybridized carbons (Fsp3) is 0.841. The van der Waals surface area contributed by atoms with E-state index in [1.54, 1.807) is 6.08 Å². The van der Waals surface area contributed by atoms with E-state index in [0.717, 1.165) is 38.5 Å². The first-order valence-corrected chi connectivity index (χ1v) is 21.3. The van der Waals surface area contributed by atoms with E-state index in [0.29, 0.717) is 6.42 Å². The molecular weight excluding hydrogens is 606 g/mol. The first-order chi connectivity index (χ1) is 24.0. The lowest BCUT2D eigenvalue weighted by atomic mass is 10.0. The van der Waals surface area contributed by atoms with Gasteiger partial charge in [-0.05, 0) is 44.9 Å². The van der Waals surface area contributed by atoms with Crippen molar-refractivity contribution in [1.29, 1.82) is 0 Å². The van der Waals surface area contributed by atoms with Crippen molar-refractivity contribution < 1.29 is 20.1 Å². The standard InChI is InChI=1S/C44H83NO4/c1-3-5-7-9-11-13-15-16-17-18-19-20-21-22-23-24-25-26-28-30-32-34-36-38-43(48)42(40-46)45-44(49)39-41(47)37-35-33-31-29-27-14-12-10-8-6-4-2/h23-24,28,30,36,38,41-43,46-48H,3-22,25-27,29,31-35,37,39-40H2,1-2H3,(H,45,49)/b24-23+,30-28+,38-36+. The number of allylic oxidation sites excluding steroid dienone is 5. The number of rotatable bonds is 38. The van der Waals surface area contributed by atoms with Gasteiger partial charge in [0.2, 0.25) is 5.91 Å². The molecule has 0 aromatic heterocycles. The van der Waals surface area contributed by atoms with Crippen LogP contribution in [0.5, 0.6) is 0 Å². The van der Waals surface area contributed by atoms with Gasteiger partial charge in [-0.25, -0.2) is 0 Å². The van der Waals surface area contributed by atoms with Gasteiger partial charge in [0.15, 0.2) is 0 Å². The molecule has 0 bridgehead atoms. The number of amides is 1. The van der Waals surface area contributed by atoms with E-state index >= 15 is 0 Å². The Labute approximate surface area is 304 Å². The molecular formula is C44H83NO4. The van der Waals surface area contributed by atoms with Crippen LogP contribution in [0.15, 0.2) is 36.5 Å². The van der Waals surface area contributed by atoms with Gasteiger partial charge in [-0.15, -0.1) is 0 Å². The van der Waals surface area contributed by atoms with Crippen LogP contribution in [0.4, 0.5) is 0 Å². The maximum atomic E-state index is 12.4. The number of nitrogens with one attached hydrogen (secondary N) is 1. The minimum atomic E-state index is -0.957. The van der Waals surface area contributed by atoms with E-state index in [2.05, 4.69) is 43.5 Å². The Morgan fingerprint density at radius 2 is 0.878 bits per heavy atom. The molecule has 0 saturated heterocycles. The molecule has 0 aliphatic heterocycles. The van der Waals surface area contributed by atoms with Gasteiger partial charge in [-0.3, -0.25) is 4.79 Å². The number of hydrogen-bond donors (Lipinski definition) is 4. The Hall–Kier alpha value is -1.43. The van der Waals surface area contributed by atoms with Crippen LogP contribution in [0.1, 0.15) is 213 Å². The number of unbranched alkanes of at least 4 members (excludes halogenated alkanes) is 25. The fourth-order valence-corrected chi connectivity index (χ4v) is 6.37. The summed E-state index contributed by atoms with van der Waals surface area (Å²) in [5.41, 5.74) is 0. The van der Waals surface area contributed by atoms with Gasteiger partial charge < -0.3 is 20.6 Å². The summed E-state index contributed by atoms with van der Waals surface area (Å²) in [5.74, 6) is -0.330. The fourth-order valence-electron chi connectivity index (χ4n) is 6.37. The minimum Gasteiger partial charge on any atom is -0.394 e. The van der Waals surface area contributed by atoms with E-state index < -0.39 is 18.2 Å². The van der Waals surface area contributed by atoms with Crippen molar-refractivity contribution in [2.45, 2.75) is 231 Å². The van der Waals surface area contributed by atoms with Crippen LogP contribution in [-0.2, 0) is 4.79 Å². The number of aliphatic hydroxyl groups is 3. The second-order valence-electron chi connectivity index (χ2n) is 14.6. The lowest BCUT2D eigenvalue weighted by Gasteiger charge is -2.21. The smallest absolute Gasteiger partial charge is 0.222 e. The summed E-state index contributed by atoms with van der Waals surface area (Å²) in [7, 11) is 0. The van der Waals surface area contributed by atoms with Gasteiger partial charge in [-0.2, -0.15) is 0 Å². The molecule has 49 heavy (non-hydrogen) atoms. The number of carbonyl (C=O) groups is 1. The molecule has 0 heterocycles. The molecule has 1 amide bonds. The summed E-state index contributed by atoms with van der Waals surface area (Å²) in [5, 5.41) is 33.1. The lowest BCUT2D eigenvalue weighted by Crippen LogP contribution is -2.45. The number of hydrogen-bond acceptors (Lipinski definition) is 4. The van der Waals surface area contributed by atoms with Crippen molar-refractivity contribution in [3.05, 3.63) is 36.5 Å². The molecule has 5 nitrogen and oxygen atoms in total. The topological polar surface area (TPSA) is 89.8 Å². The molecule has 5 heteroatoms. The molecule has 0 radical (unpaired) electrons. The first kappa shape index (κ1) is 47.6. The summed E-state index contributed by atoms with van der Waals surface area (Å²) in [6, 6.07) is -0.764. The normalized spacial score (nSPS) is 14.0. The Bertz CT molecular complexity index is 764. The van der Waals surface area contributed by atoms with Gasteiger partial charge in [0.25, 0.3) is 0 Å². The second kappa shape index (κ2) is 39.4. The molecule has 0 fully saturated rings. The number of carbonyl (C=O) groups excluding carboxylic acids is 1. The summed E-state index contributed by atoms with van der Waals surface area (Å²) < 4.78 is 0. The predicted octanol–water partition coefficient (Wildman–Crippen LogP) is 12.0. The molecule has 0 aliphatic carbocycles. The predicted molar refractivity (Wildman–Crippen MR) is 213 cm³/mol. The molecule has 0 spiro atoms. The summed E-state index contributed by atoms with van der Waals surface area (Å²) in [6.45, 7) is 4.18. The van der Waals surface area contributed by atoms with Crippen LogP contribution in [0.2, 0.25) is 0 Å². The van der Waals surface area contributed by atoms with Crippen molar-refractivity contribution in [3.63, 3.8) is 0 Å². The van der Waals surface area contributed by atoms with Gasteiger partial charge in [0.05, 0.1) is 31.3 Å². The summed E-state index contributed by atoms with van der Waals surface area (Å²) in [4.78, 5) is 12.4. The Morgan fingerprint density at radius 3 is 1.31 bits per heavy atom. The summed E-state index contributed by atoms with van der Waals surface area (Å²) in [6.07, 6.45) is 48.6. The second-order valence-corrected chi connectivity index (χ2v) is 14.6. The van der Waals surface area contributed by atoms with Gasteiger partial charge >= 0.3 is 0 Å². The average molecular weight is 690 g/mol. The van der Waals surface area contributed by atoms with Gasteiger partial charge in [0, 0.05) is 0 Å². The zero-order valence-corrected chi connectivity index (χ0v) is 32.6. The van der Waals surface area contributed by atoms with Gasteiger partial charge in [0.1, 0.15) is 0 Å². The van der Waals surface area contributed by atoms with Gasteiger partial charge in [-0.1, -0.05) is 198 Å². The monoisotopic (exact) mass is 690 g/mol. The Morgan fingerprint density at radius 1 is 0.510 bits per heavy atom. The van der Waals surface area contributed by atoms with Crippen molar-refractivity contribution in [2.24, 2.45) is 0 Å². The molecule has 288 valence electrons. The third kappa shape index (κ3) is 36.2.